The lowest BCUT2D eigenvalue weighted by Crippen LogP contribution is -2.55. The van der Waals surface area contributed by atoms with E-state index >= 15 is 0 Å². The maximum Gasteiger partial charge on any atom is 0.0640 e. The van der Waals surface area contributed by atoms with Gasteiger partial charge in [0, 0.05) is 32.1 Å². The van der Waals surface area contributed by atoms with E-state index in [0.29, 0.717) is 0 Å². The van der Waals surface area contributed by atoms with Gasteiger partial charge in [-0.05, 0) is 125 Å². The van der Waals surface area contributed by atoms with E-state index in [4.69, 9.17) is 0 Å². The average Bonchev–Trinajstić information content (AvgIpc) is 3.75. The minimum absolute atomic E-state index is 0.139. The zero-order chi connectivity index (χ0) is 35.4. The maximum atomic E-state index is 2.54. The van der Waals surface area contributed by atoms with Crippen molar-refractivity contribution in [1.29, 1.82) is 0 Å². The van der Waals surface area contributed by atoms with Crippen molar-refractivity contribution in [2.75, 3.05) is 4.90 Å². The van der Waals surface area contributed by atoms with Crippen LogP contribution < -0.4 is 4.90 Å². The summed E-state index contributed by atoms with van der Waals surface area (Å²) in [6, 6.07) is 61.8. The van der Waals surface area contributed by atoms with Crippen LogP contribution in [0.25, 0.3) is 53.6 Å². The predicted molar refractivity (Wildman–Crippen MR) is 228 cm³/mol. The highest BCUT2D eigenvalue weighted by Crippen LogP contribution is 2.70. The molecule has 0 atom stereocenters. The number of thiophene rings is 1. The molecular formula is C52H41NS. The number of fused-ring (bicyclic) bond motifs is 6. The Morgan fingerprint density at radius 3 is 1.85 bits per heavy atom. The first-order valence-electron chi connectivity index (χ1n) is 19.9. The van der Waals surface area contributed by atoms with Gasteiger partial charge in [-0.25, -0.2) is 0 Å². The van der Waals surface area contributed by atoms with Crippen molar-refractivity contribution < 1.29 is 0 Å². The normalized spacial score (nSPS) is 23.3. The molecule has 0 unspecified atom stereocenters. The molecule has 4 saturated carbocycles. The third-order valence-corrected chi connectivity index (χ3v) is 15.1. The fourth-order valence-corrected chi connectivity index (χ4v) is 13.3. The summed E-state index contributed by atoms with van der Waals surface area (Å²) in [5.74, 6) is 3.34. The van der Waals surface area contributed by atoms with Crippen LogP contribution >= 0.6 is 11.3 Å². The van der Waals surface area contributed by atoms with Gasteiger partial charge in [0.2, 0.25) is 0 Å². The van der Waals surface area contributed by atoms with E-state index in [1.807, 2.05) is 11.3 Å². The van der Waals surface area contributed by atoms with Gasteiger partial charge in [-0.1, -0.05) is 133 Å². The summed E-state index contributed by atoms with van der Waals surface area (Å²) in [6.45, 7) is 0. The van der Waals surface area contributed by atoms with E-state index in [1.165, 1.54) is 97.0 Å². The highest BCUT2D eigenvalue weighted by Gasteiger charge is 2.61. The van der Waals surface area contributed by atoms with E-state index in [1.54, 1.807) is 11.1 Å². The first kappa shape index (κ1) is 31.0. The lowest BCUT2D eigenvalue weighted by Gasteiger charge is -2.61. The van der Waals surface area contributed by atoms with Gasteiger partial charge in [0.25, 0.3) is 0 Å². The average molecular weight is 712 g/mol. The second-order valence-corrected chi connectivity index (χ2v) is 17.5. The molecule has 2 heteroatoms. The number of hydrogen-bond acceptors (Lipinski definition) is 2. The number of rotatable bonds is 5. The Morgan fingerprint density at radius 2 is 1.04 bits per heavy atom. The highest BCUT2D eigenvalue weighted by atomic mass is 32.1. The van der Waals surface area contributed by atoms with Gasteiger partial charge in [0.15, 0.2) is 0 Å². The van der Waals surface area contributed by atoms with Crippen LogP contribution in [0.4, 0.5) is 17.1 Å². The molecule has 0 radical (unpaired) electrons. The second-order valence-electron chi connectivity index (χ2n) is 16.5. The minimum atomic E-state index is 0.139. The van der Waals surface area contributed by atoms with E-state index in [9.17, 15) is 0 Å². The first-order chi connectivity index (χ1) is 26.8. The SMILES string of the molecule is c1ccc(-c2ccc(N(c3ccccc3-c3cccc4c3-c3ccccc3C43C4CC5CC(C4)CC3C5)c3cccc4c3sc3ccccc34)cc2)cc1. The van der Waals surface area contributed by atoms with Crippen molar-refractivity contribution in [3.05, 3.63) is 175 Å². The quantitative estimate of drug-likeness (QED) is 0.172. The molecule has 7 aromatic carbocycles. The molecule has 1 nitrogen and oxygen atoms in total. The Hall–Kier alpha value is -5.44. The van der Waals surface area contributed by atoms with Gasteiger partial charge in [0.1, 0.15) is 0 Å². The van der Waals surface area contributed by atoms with E-state index in [-0.39, 0.29) is 5.41 Å². The van der Waals surface area contributed by atoms with Crippen LogP contribution in [0.15, 0.2) is 164 Å². The largest absolute Gasteiger partial charge is 0.308 e. The van der Waals surface area contributed by atoms with Crippen LogP contribution in [0, 0.1) is 23.7 Å². The summed E-state index contributed by atoms with van der Waals surface area (Å²) in [7, 11) is 0. The van der Waals surface area contributed by atoms with Crippen LogP contribution in [0.3, 0.4) is 0 Å². The summed E-state index contributed by atoms with van der Waals surface area (Å²) in [6.07, 6.45) is 7.06. The monoisotopic (exact) mass is 711 g/mol. The molecule has 1 aromatic heterocycles. The maximum absolute atomic E-state index is 2.54. The zero-order valence-corrected chi connectivity index (χ0v) is 31.1. The third-order valence-electron chi connectivity index (χ3n) is 13.9. The summed E-state index contributed by atoms with van der Waals surface area (Å²) >= 11 is 1.90. The van der Waals surface area contributed by atoms with Crippen molar-refractivity contribution >= 4 is 48.6 Å². The van der Waals surface area contributed by atoms with Crippen LogP contribution in [-0.4, -0.2) is 0 Å². The Bertz CT molecular complexity index is 2710. The molecule has 0 amide bonds. The molecule has 260 valence electrons. The molecule has 54 heavy (non-hydrogen) atoms. The van der Waals surface area contributed by atoms with E-state index in [0.717, 1.165) is 29.4 Å². The van der Waals surface area contributed by atoms with Crippen molar-refractivity contribution in [3.63, 3.8) is 0 Å². The van der Waals surface area contributed by atoms with Gasteiger partial charge in [-0.2, -0.15) is 0 Å². The first-order valence-corrected chi connectivity index (χ1v) is 20.8. The number of benzene rings is 7. The van der Waals surface area contributed by atoms with Crippen LogP contribution in [0.1, 0.15) is 43.2 Å². The molecule has 4 fully saturated rings. The van der Waals surface area contributed by atoms with E-state index < -0.39 is 0 Å². The summed E-state index contributed by atoms with van der Waals surface area (Å²) in [5, 5.41) is 2.64. The fraction of sp³-hybridized carbons (Fsp3) is 0.192. The minimum Gasteiger partial charge on any atom is -0.308 e. The van der Waals surface area contributed by atoms with E-state index in [2.05, 4.69) is 169 Å². The van der Waals surface area contributed by atoms with Crippen LogP contribution in [0.5, 0.6) is 0 Å². The molecule has 1 spiro atoms. The van der Waals surface area contributed by atoms with Crippen molar-refractivity contribution in [2.45, 2.75) is 37.5 Å². The topological polar surface area (TPSA) is 3.24 Å². The van der Waals surface area contributed by atoms with Gasteiger partial charge in [-0.3, -0.25) is 0 Å². The van der Waals surface area contributed by atoms with Gasteiger partial charge in [-0.15, -0.1) is 11.3 Å². The Kier molecular flexibility index (Phi) is 6.75. The number of para-hydroxylation sites is 1. The molecule has 5 aliphatic rings. The third kappa shape index (κ3) is 4.32. The van der Waals surface area contributed by atoms with Gasteiger partial charge in [0.05, 0.1) is 16.1 Å². The molecule has 5 aliphatic carbocycles. The standard InChI is InChI=1S/C52H41NS/c1-2-12-35(13-3-1)36-24-26-39(27-25-36)53(48-22-11-18-43-41-15-6-9-23-49(41)54-51(43)48)47-21-8-5-14-40(47)42-17-10-20-46-50(42)44-16-4-7-19-45(44)52(46)37-29-33-28-34(31-37)32-38(52)30-33/h1-27,33-34,37-38H,28-32H2. The number of anilines is 3. The van der Waals surface area contributed by atoms with Crippen molar-refractivity contribution in [2.24, 2.45) is 23.7 Å². The number of hydrogen-bond donors (Lipinski definition) is 0. The predicted octanol–water partition coefficient (Wildman–Crippen LogP) is 14.6. The summed E-state index contributed by atoms with van der Waals surface area (Å²) < 4.78 is 2.64. The lowest BCUT2D eigenvalue weighted by molar-refractivity contribution is -0.0399. The highest BCUT2D eigenvalue weighted by molar-refractivity contribution is 7.26. The van der Waals surface area contributed by atoms with Crippen LogP contribution in [-0.2, 0) is 5.41 Å². The van der Waals surface area contributed by atoms with Gasteiger partial charge >= 0.3 is 0 Å². The summed E-state index contributed by atoms with van der Waals surface area (Å²) in [5.41, 5.74) is 15.0. The smallest absolute Gasteiger partial charge is 0.0640 e. The lowest BCUT2D eigenvalue weighted by atomic mass is 9.43. The fourth-order valence-electron chi connectivity index (χ4n) is 12.1. The molecule has 4 bridgehead atoms. The molecule has 1 heterocycles. The molecule has 0 saturated heterocycles. The zero-order valence-electron chi connectivity index (χ0n) is 30.3. The Morgan fingerprint density at radius 1 is 0.444 bits per heavy atom. The Balaban J connectivity index is 1.09. The number of nitrogens with zero attached hydrogens (tertiary/aromatic N) is 1. The molecule has 13 rings (SSSR count). The second kappa shape index (κ2) is 11.8. The molecule has 0 aliphatic heterocycles. The van der Waals surface area contributed by atoms with Crippen molar-refractivity contribution in [1.82, 2.24) is 0 Å². The van der Waals surface area contributed by atoms with Crippen LogP contribution in [0.2, 0.25) is 0 Å². The van der Waals surface area contributed by atoms with Crippen molar-refractivity contribution in [3.8, 4) is 33.4 Å². The molecule has 8 aromatic rings. The molecular weight excluding hydrogens is 671 g/mol. The van der Waals surface area contributed by atoms with Gasteiger partial charge < -0.3 is 4.90 Å². The Labute approximate surface area is 321 Å². The summed E-state index contributed by atoms with van der Waals surface area (Å²) in [4.78, 5) is 2.54. The molecule has 0 N–H and O–H groups in total.